The molecule has 3 amide bonds. The Morgan fingerprint density at radius 2 is 1.38 bits per heavy atom. The van der Waals surface area contributed by atoms with Crippen LogP contribution in [0.4, 0.5) is 0 Å². The van der Waals surface area contributed by atoms with E-state index in [1.165, 1.54) is 0 Å². The number of aliphatic hydroxyl groups is 1. The average Bonchev–Trinajstić information content (AvgIpc) is 2.84. The number of primary amides is 1. The highest BCUT2D eigenvalue weighted by atomic mass is 35.5. The van der Waals surface area contributed by atoms with E-state index >= 15 is 0 Å². The molecule has 34 heavy (non-hydrogen) atoms. The highest BCUT2D eigenvalue weighted by Gasteiger charge is 2.32. The molecule has 0 heterocycles. The van der Waals surface area contributed by atoms with Crippen LogP contribution in [0.3, 0.4) is 0 Å². The van der Waals surface area contributed by atoms with Crippen LogP contribution < -0.4 is 16.4 Å². The lowest BCUT2D eigenvalue weighted by atomic mass is 9.99. The van der Waals surface area contributed by atoms with Crippen molar-refractivity contribution in [3.63, 3.8) is 0 Å². The third kappa shape index (κ3) is 6.35. The molecule has 0 spiro atoms. The van der Waals surface area contributed by atoms with Crippen molar-refractivity contribution in [2.45, 2.75) is 24.6 Å². The lowest BCUT2D eigenvalue weighted by molar-refractivity contribution is -0.134. The maximum Gasteiger partial charge on any atom is 0.252 e. The van der Waals surface area contributed by atoms with Crippen molar-refractivity contribution < 1.29 is 19.5 Å². The van der Waals surface area contributed by atoms with E-state index in [1.54, 1.807) is 78.9 Å². The minimum Gasteiger partial charge on any atom is -0.381 e. The van der Waals surface area contributed by atoms with Gasteiger partial charge in [-0.1, -0.05) is 77.8 Å². The molecule has 0 saturated heterocycles. The van der Waals surface area contributed by atoms with Gasteiger partial charge in [0.25, 0.3) is 11.8 Å². The normalized spacial score (nSPS) is 13.4. The van der Waals surface area contributed by atoms with Gasteiger partial charge in [0.05, 0.1) is 6.04 Å². The predicted octanol–water partition coefficient (Wildman–Crippen LogP) is 3.04. The van der Waals surface area contributed by atoms with E-state index in [9.17, 15) is 19.5 Å². The van der Waals surface area contributed by atoms with Crippen molar-refractivity contribution in [1.82, 2.24) is 10.6 Å². The van der Waals surface area contributed by atoms with E-state index in [0.29, 0.717) is 26.7 Å². The molecule has 3 aromatic carbocycles. The average molecular weight is 500 g/mol. The number of rotatable bonds is 9. The number of amides is 3. The molecule has 0 aliphatic heterocycles. The van der Waals surface area contributed by atoms with Crippen LogP contribution in [0.25, 0.3) is 0 Å². The van der Waals surface area contributed by atoms with Gasteiger partial charge in [-0.05, 0) is 35.4 Å². The van der Waals surface area contributed by atoms with Crippen molar-refractivity contribution in [3.8, 4) is 0 Å². The molecule has 0 aliphatic rings. The van der Waals surface area contributed by atoms with E-state index in [0.717, 1.165) is 0 Å². The Morgan fingerprint density at radius 1 is 0.824 bits per heavy atom. The summed E-state index contributed by atoms with van der Waals surface area (Å²) in [6.45, 7) is 0. The van der Waals surface area contributed by atoms with E-state index in [-0.39, 0.29) is 6.42 Å². The number of aliphatic hydroxyl groups excluding tert-OH is 1. The zero-order valence-electron chi connectivity index (χ0n) is 17.9. The molecule has 176 valence electrons. The predicted molar refractivity (Wildman–Crippen MR) is 130 cm³/mol. The maximum absolute atomic E-state index is 13.0. The number of nitrogens with one attached hydrogen (secondary N) is 2. The molecule has 0 fully saturated rings. The largest absolute Gasteiger partial charge is 0.381 e. The van der Waals surface area contributed by atoms with Gasteiger partial charge >= 0.3 is 0 Å². The molecule has 5 N–H and O–H groups in total. The van der Waals surface area contributed by atoms with Gasteiger partial charge in [0.1, 0.15) is 6.04 Å². The van der Waals surface area contributed by atoms with Gasteiger partial charge in [-0.3, -0.25) is 14.4 Å². The van der Waals surface area contributed by atoms with E-state index < -0.39 is 35.9 Å². The maximum atomic E-state index is 13.0. The van der Waals surface area contributed by atoms with Crippen molar-refractivity contribution >= 4 is 40.9 Å². The Morgan fingerprint density at radius 3 is 1.94 bits per heavy atom. The fourth-order valence-electron chi connectivity index (χ4n) is 3.38. The first-order valence-electron chi connectivity index (χ1n) is 10.4. The fourth-order valence-corrected chi connectivity index (χ4v) is 3.93. The van der Waals surface area contributed by atoms with Crippen LogP contribution in [0.5, 0.6) is 0 Å². The van der Waals surface area contributed by atoms with E-state index in [2.05, 4.69) is 10.6 Å². The molecule has 0 bridgehead atoms. The SMILES string of the molecule is NC(=O)[C@@H](Cc1c(Cl)cccc1Cl)NC(=O)[C@H](O)[C@@H](NC(=O)c1ccccc1)c1ccccc1. The molecule has 0 saturated carbocycles. The lowest BCUT2D eigenvalue weighted by Gasteiger charge is -2.26. The summed E-state index contributed by atoms with van der Waals surface area (Å²) in [5.74, 6) is -2.20. The number of halogens is 2. The molecule has 0 unspecified atom stereocenters. The van der Waals surface area contributed by atoms with Gasteiger partial charge in [0, 0.05) is 22.0 Å². The molecular formula is C25H23Cl2N3O4. The van der Waals surface area contributed by atoms with Gasteiger partial charge in [0.2, 0.25) is 5.91 Å². The van der Waals surface area contributed by atoms with Crippen LogP contribution in [0.2, 0.25) is 10.0 Å². The molecule has 3 atom stereocenters. The van der Waals surface area contributed by atoms with Gasteiger partial charge in [-0.15, -0.1) is 0 Å². The van der Waals surface area contributed by atoms with Crippen LogP contribution in [0.15, 0.2) is 78.9 Å². The Bertz CT molecular complexity index is 1140. The Balaban J connectivity index is 1.81. The van der Waals surface area contributed by atoms with Gasteiger partial charge in [-0.2, -0.15) is 0 Å². The number of hydrogen-bond donors (Lipinski definition) is 4. The summed E-state index contributed by atoms with van der Waals surface area (Å²) in [7, 11) is 0. The topological polar surface area (TPSA) is 122 Å². The quantitative estimate of drug-likeness (QED) is 0.361. The summed E-state index contributed by atoms with van der Waals surface area (Å²) in [5, 5.41) is 16.7. The highest BCUT2D eigenvalue weighted by molar-refractivity contribution is 6.36. The second-order valence-electron chi connectivity index (χ2n) is 7.54. The molecule has 0 aromatic heterocycles. The summed E-state index contributed by atoms with van der Waals surface area (Å²) >= 11 is 12.4. The molecule has 3 aromatic rings. The van der Waals surface area contributed by atoms with Gasteiger partial charge in [-0.25, -0.2) is 0 Å². The number of nitrogens with two attached hydrogens (primary N) is 1. The summed E-state index contributed by atoms with van der Waals surface area (Å²) in [4.78, 5) is 37.8. The number of carbonyl (C=O) groups is 3. The van der Waals surface area contributed by atoms with E-state index in [1.807, 2.05) is 0 Å². The number of hydrogen-bond acceptors (Lipinski definition) is 4. The van der Waals surface area contributed by atoms with Gasteiger partial charge in [0.15, 0.2) is 6.10 Å². The smallest absolute Gasteiger partial charge is 0.252 e. The third-order valence-electron chi connectivity index (χ3n) is 5.20. The first kappa shape index (κ1) is 25.2. The number of benzene rings is 3. The zero-order chi connectivity index (χ0) is 24.7. The third-order valence-corrected chi connectivity index (χ3v) is 5.90. The molecule has 0 aliphatic carbocycles. The highest BCUT2D eigenvalue weighted by Crippen LogP contribution is 2.26. The van der Waals surface area contributed by atoms with Crippen LogP contribution in [-0.4, -0.2) is 35.0 Å². The second-order valence-corrected chi connectivity index (χ2v) is 8.35. The summed E-state index contributed by atoms with van der Waals surface area (Å²) < 4.78 is 0. The van der Waals surface area contributed by atoms with Crippen molar-refractivity contribution in [1.29, 1.82) is 0 Å². The van der Waals surface area contributed by atoms with Crippen molar-refractivity contribution in [2.24, 2.45) is 5.73 Å². The Labute approximate surface area is 206 Å². The summed E-state index contributed by atoms with van der Waals surface area (Å²) in [6.07, 6.45) is -1.79. The Kier molecular flexibility index (Phi) is 8.65. The van der Waals surface area contributed by atoms with Crippen molar-refractivity contribution in [2.75, 3.05) is 0 Å². The minimum absolute atomic E-state index is 0.0708. The van der Waals surface area contributed by atoms with Crippen molar-refractivity contribution in [3.05, 3.63) is 106 Å². The van der Waals surface area contributed by atoms with Crippen LogP contribution in [0, 0.1) is 0 Å². The minimum atomic E-state index is -1.72. The van der Waals surface area contributed by atoms with Crippen LogP contribution in [-0.2, 0) is 16.0 Å². The Hall–Kier alpha value is -3.39. The number of carbonyl (C=O) groups excluding carboxylic acids is 3. The fraction of sp³-hybridized carbons (Fsp3) is 0.160. The van der Waals surface area contributed by atoms with Crippen LogP contribution >= 0.6 is 23.2 Å². The molecule has 0 radical (unpaired) electrons. The zero-order valence-corrected chi connectivity index (χ0v) is 19.5. The second kappa shape index (κ2) is 11.7. The first-order valence-corrected chi connectivity index (χ1v) is 11.1. The standard InChI is InChI=1S/C25H23Cl2N3O4/c26-18-12-7-13-19(27)17(18)14-20(23(28)32)29-25(34)22(31)21(15-8-3-1-4-9-15)30-24(33)16-10-5-2-6-11-16/h1-13,20-22,31H,14H2,(H2,28,32)(H,29,34)(H,30,33)/t20-,21+,22-/m1/s1. The molecule has 3 rings (SSSR count). The monoisotopic (exact) mass is 499 g/mol. The van der Waals surface area contributed by atoms with E-state index in [4.69, 9.17) is 28.9 Å². The lowest BCUT2D eigenvalue weighted by Crippen LogP contribution is -2.52. The first-order chi connectivity index (χ1) is 16.3. The van der Waals surface area contributed by atoms with Gasteiger partial charge < -0.3 is 21.5 Å². The molecular weight excluding hydrogens is 477 g/mol. The molecule has 7 nitrogen and oxygen atoms in total. The summed E-state index contributed by atoms with van der Waals surface area (Å²) in [6, 6.07) is 19.5. The molecule has 9 heteroatoms. The summed E-state index contributed by atoms with van der Waals surface area (Å²) in [5.41, 5.74) is 6.78. The van der Waals surface area contributed by atoms with Crippen LogP contribution in [0.1, 0.15) is 27.5 Å².